The molecule has 7 heteroatoms. The van der Waals surface area contributed by atoms with Crippen molar-refractivity contribution in [3.8, 4) is 0 Å². The Morgan fingerprint density at radius 3 is 2.64 bits per heavy atom. The van der Waals surface area contributed by atoms with Gasteiger partial charge in [0.25, 0.3) is 0 Å². The Balaban J connectivity index is 1.95. The minimum Gasteiger partial charge on any atom is -0.451 e. The van der Waals surface area contributed by atoms with Crippen molar-refractivity contribution in [3.05, 3.63) is 34.9 Å². The van der Waals surface area contributed by atoms with Gasteiger partial charge in [0, 0.05) is 18.1 Å². The topological polar surface area (TPSA) is 29.5 Å². The molecule has 2 rings (SSSR count). The standard InChI is InChI=1S/C18H23ClF3NO2/c1-2-13-4-3-9-23(11-13)12-16(18(20,21)22)25-17(24)10-14-5-7-15(19)8-6-14/h5-8,13,16H,2-4,9-12H2,1H3. The highest BCUT2D eigenvalue weighted by Gasteiger charge is 2.44. The molecule has 1 aliphatic heterocycles. The van der Waals surface area contributed by atoms with E-state index in [1.54, 1.807) is 29.2 Å². The van der Waals surface area contributed by atoms with Gasteiger partial charge in [0.05, 0.1) is 6.42 Å². The van der Waals surface area contributed by atoms with Crippen molar-refractivity contribution in [2.24, 2.45) is 5.92 Å². The van der Waals surface area contributed by atoms with E-state index in [0.29, 0.717) is 29.6 Å². The third-order valence-electron chi connectivity index (χ3n) is 4.50. The van der Waals surface area contributed by atoms with Crippen molar-refractivity contribution in [2.75, 3.05) is 19.6 Å². The van der Waals surface area contributed by atoms with Gasteiger partial charge in [-0.25, -0.2) is 0 Å². The van der Waals surface area contributed by atoms with Gasteiger partial charge in [0.15, 0.2) is 0 Å². The first-order valence-electron chi connectivity index (χ1n) is 8.51. The van der Waals surface area contributed by atoms with Gasteiger partial charge < -0.3 is 4.74 Å². The molecule has 3 nitrogen and oxygen atoms in total. The second-order valence-electron chi connectivity index (χ2n) is 6.50. The normalized spacial score (nSPS) is 20.3. The maximum atomic E-state index is 13.3. The highest BCUT2D eigenvalue weighted by atomic mass is 35.5. The number of alkyl halides is 3. The average molecular weight is 378 g/mol. The zero-order valence-electron chi connectivity index (χ0n) is 14.2. The van der Waals surface area contributed by atoms with E-state index in [-0.39, 0.29) is 13.0 Å². The molecule has 1 aromatic rings. The Kier molecular flexibility index (Phi) is 7.14. The number of carbonyl (C=O) groups is 1. The summed E-state index contributed by atoms with van der Waals surface area (Å²) < 4.78 is 44.6. The fraction of sp³-hybridized carbons (Fsp3) is 0.611. The highest BCUT2D eigenvalue weighted by Crippen LogP contribution is 2.27. The van der Waals surface area contributed by atoms with Gasteiger partial charge in [-0.3, -0.25) is 9.69 Å². The van der Waals surface area contributed by atoms with Crippen LogP contribution >= 0.6 is 11.6 Å². The molecule has 2 atom stereocenters. The van der Waals surface area contributed by atoms with Crippen LogP contribution in [0.3, 0.4) is 0 Å². The van der Waals surface area contributed by atoms with Crippen LogP contribution in [-0.4, -0.2) is 42.8 Å². The molecule has 1 heterocycles. The minimum atomic E-state index is -4.57. The molecule has 0 radical (unpaired) electrons. The van der Waals surface area contributed by atoms with E-state index in [2.05, 4.69) is 0 Å². The summed E-state index contributed by atoms with van der Waals surface area (Å²) in [6.45, 7) is 2.98. The second-order valence-corrected chi connectivity index (χ2v) is 6.94. The van der Waals surface area contributed by atoms with Crippen molar-refractivity contribution in [1.82, 2.24) is 4.90 Å². The molecule has 1 aliphatic rings. The number of carbonyl (C=O) groups excluding carboxylic acids is 1. The molecule has 0 bridgehead atoms. The molecule has 1 fully saturated rings. The lowest BCUT2D eigenvalue weighted by Gasteiger charge is -2.34. The molecular formula is C18H23ClF3NO2. The van der Waals surface area contributed by atoms with Crippen LogP contribution in [0.5, 0.6) is 0 Å². The van der Waals surface area contributed by atoms with Gasteiger partial charge in [0.2, 0.25) is 6.10 Å². The number of nitrogens with zero attached hydrogens (tertiary/aromatic N) is 1. The van der Waals surface area contributed by atoms with Crippen LogP contribution in [-0.2, 0) is 16.0 Å². The minimum absolute atomic E-state index is 0.207. The van der Waals surface area contributed by atoms with Crippen molar-refractivity contribution < 1.29 is 22.7 Å². The van der Waals surface area contributed by atoms with E-state index in [4.69, 9.17) is 16.3 Å². The monoisotopic (exact) mass is 377 g/mol. The van der Waals surface area contributed by atoms with E-state index in [1.165, 1.54) is 0 Å². The summed E-state index contributed by atoms with van der Waals surface area (Å²) in [5.74, 6) is -0.471. The number of likely N-dealkylation sites (tertiary alicyclic amines) is 1. The molecule has 140 valence electrons. The van der Waals surface area contributed by atoms with E-state index in [0.717, 1.165) is 19.3 Å². The van der Waals surface area contributed by atoms with E-state index < -0.39 is 18.2 Å². The maximum Gasteiger partial charge on any atom is 0.426 e. The molecule has 0 aliphatic carbocycles. The largest absolute Gasteiger partial charge is 0.451 e. The third-order valence-corrected chi connectivity index (χ3v) is 4.76. The van der Waals surface area contributed by atoms with Crippen molar-refractivity contribution in [3.63, 3.8) is 0 Å². The molecule has 1 saturated heterocycles. The van der Waals surface area contributed by atoms with Crippen LogP contribution in [0, 0.1) is 5.92 Å². The molecule has 0 aromatic heterocycles. The summed E-state index contributed by atoms with van der Waals surface area (Å²) in [5.41, 5.74) is 0.569. The van der Waals surface area contributed by atoms with Gasteiger partial charge in [0.1, 0.15) is 0 Å². The van der Waals surface area contributed by atoms with Crippen LogP contribution in [0.15, 0.2) is 24.3 Å². The summed E-state index contributed by atoms with van der Waals surface area (Å²) in [5, 5.41) is 0.501. The molecular weight excluding hydrogens is 355 g/mol. The SMILES string of the molecule is CCC1CCCN(CC(OC(=O)Cc2ccc(Cl)cc2)C(F)(F)F)C1. The number of hydrogen-bond acceptors (Lipinski definition) is 3. The Morgan fingerprint density at radius 1 is 1.36 bits per heavy atom. The predicted octanol–water partition coefficient (Wildman–Crippen LogP) is 4.48. The van der Waals surface area contributed by atoms with Crippen molar-refractivity contribution in [2.45, 2.75) is 44.9 Å². The lowest BCUT2D eigenvalue weighted by atomic mass is 9.95. The third kappa shape index (κ3) is 6.51. The van der Waals surface area contributed by atoms with Gasteiger partial charge in [-0.1, -0.05) is 37.1 Å². The lowest BCUT2D eigenvalue weighted by Crippen LogP contribution is -2.47. The number of piperidine rings is 1. The summed E-state index contributed by atoms with van der Waals surface area (Å²) in [7, 11) is 0. The second kappa shape index (κ2) is 8.90. The smallest absolute Gasteiger partial charge is 0.426 e. The summed E-state index contributed by atoms with van der Waals surface area (Å²) in [6.07, 6.45) is -4.01. The summed E-state index contributed by atoms with van der Waals surface area (Å²) in [6, 6.07) is 6.37. The summed E-state index contributed by atoms with van der Waals surface area (Å²) >= 11 is 5.75. The van der Waals surface area contributed by atoms with E-state index in [1.807, 2.05) is 6.92 Å². The first-order chi connectivity index (χ1) is 11.8. The van der Waals surface area contributed by atoms with Gasteiger partial charge in [-0.05, 0) is 43.0 Å². The predicted molar refractivity (Wildman–Crippen MR) is 90.5 cm³/mol. The summed E-state index contributed by atoms with van der Waals surface area (Å²) in [4.78, 5) is 13.7. The highest BCUT2D eigenvalue weighted by molar-refractivity contribution is 6.30. The van der Waals surface area contributed by atoms with Crippen LogP contribution in [0.4, 0.5) is 13.2 Å². The number of ether oxygens (including phenoxy) is 1. The Labute approximate surface area is 151 Å². The van der Waals surface area contributed by atoms with Crippen molar-refractivity contribution >= 4 is 17.6 Å². The molecule has 1 aromatic carbocycles. The van der Waals surface area contributed by atoms with Crippen LogP contribution in [0.25, 0.3) is 0 Å². The Hall–Kier alpha value is -1.27. The molecule has 2 unspecified atom stereocenters. The van der Waals surface area contributed by atoms with Gasteiger partial charge in [-0.15, -0.1) is 0 Å². The Bertz CT molecular complexity index is 562. The molecule has 0 amide bonds. The molecule has 0 spiro atoms. The number of rotatable bonds is 6. The molecule has 0 saturated carbocycles. The fourth-order valence-corrected chi connectivity index (χ4v) is 3.19. The van der Waals surface area contributed by atoms with Crippen molar-refractivity contribution in [1.29, 1.82) is 0 Å². The molecule has 0 N–H and O–H groups in total. The first kappa shape index (κ1) is 20.0. The average Bonchev–Trinajstić information content (AvgIpc) is 2.56. The zero-order valence-corrected chi connectivity index (χ0v) is 14.9. The van der Waals surface area contributed by atoms with Crippen LogP contribution in [0.2, 0.25) is 5.02 Å². The van der Waals surface area contributed by atoms with Crippen LogP contribution < -0.4 is 0 Å². The number of halogens is 4. The number of hydrogen-bond donors (Lipinski definition) is 0. The van der Waals surface area contributed by atoms with E-state index in [9.17, 15) is 18.0 Å². The van der Waals surface area contributed by atoms with Gasteiger partial charge >= 0.3 is 12.1 Å². The Morgan fingerprint density at radius 2 is 2.04 bits per heavy atom. The van der Waals surface area contributed by atoms with Gasteiger partial charge in [-0.2, -0.15) is 13.2 Å². The first-order valence-corrected chi connectivity index (χ1v) is 8.88. The number of esters is 1. The van der Waals surface area contributed by atoms with E-state index >= 15 is 0 Å². The maximum absolute atomic E-state index is 13.3. The lowest BCUT2D eigenvalue weighted by molar-refractivity contribution is -0.225. The fourth-order valence-electron chi connectivity index (χ4n) is 3.06. The van der Waals surface area contributed by atoms with Crippen LogP contribution in [0.1, 0.15) is 31.7 Å². The quantitative estimate of drug-likeness (QED) is 0.685. The number of benzene rings is 1. The molecule has 25 heavy (non-hydrogen) atoms. The zero-order chi connectivity index (χ0) is 18.4.